The molecule has 3 heterocycles. The number of rotatable bonds is 2. The van der Waals surface area contributed by atoms with Crippen molar-refractivity contribution in [1.29, 1.82) is 0 Å². The van der Waals surface area contributed by atoms with Crippen LogP contribution in [0.25, 0.3) is 11.0 Å². The molecular weight excluding hydrogens is 322 g/mol. The monoisotopic (exact) mass is 340 g/mol. The number of fused-ring (bicyclic) bond motifs is 1. The molecule has 2 aromatic heterocycles. The first-order chi connectivity index (χ1) is 10.8. The molecular formula is C16H19ClF2N4. The molecule has 2 fully saturated rings. The summed E-state index contributed by atoms with van der Waals surface area (Å²) in [6.07, 6.45) is 5.40. The standard InChI is InChI=1S/C16H19ClF2N4/c1-10(2)23-8-12(13-11(23)7-20-14(17)21-13)22-6-5-15(3-4-15)16(18,19)9-22/h7-8,10H,3-6,9H2,1-2H3. The summed E-state index contributed by atoms with van der Waals surface area (Å²) in [7, 11) is 0. The van der Waals surface area contributed by atoms with Crippen LogP contribution in [0, 0.1) is 5.41 Å². The molecule has 0 atom stereocenters. The van der Waals surface area contributed by atoms with Gasteiger partial charge in [0, 0.05) is 24.2 Å². The SMILES string of the molecule is CC(C)n1cc(N2CCC3(CC3)C(F)(F)C2)c2nc(Cl)ncc21. The van der Waals surface area contributed by atoms with Gasteiger partial charge in [0.25, 0.3) is 5.92 Å². The van der Waals surface area contributed by atoms with Crippen molar-refractivity contribution in [2.45, 2.75) is 45.1 Å². The third-order valence-corrected chi connectivity index (χ3v) is 5.48. The molecule has 2 aromatic rings. The summed E-state index contributed by atoms with van der Waals surface area (Å²) < 4.78 is 31.1. The molecule has 23 heavy (non-hydrogen) atoms. The van der Waals surface area contributed by atoms with Gasteiger partial charge in [0.15, 0.2) is 0 Å². The summed E-state index contributed by atoms with van der Waals surface area (Å²) in [4.78, 5) is 10.1. The van der Waals surface area contributed by atoms with Crippen molar-refractivity contribution in [3.63, 3.8) is 0 Å². The van der Waals surface area contributed by atoms with E-state index in [2.05, 4.69) is 9.97 Å². The van der Waals surface area contributed by atoms with Gasteiger partial charge in [0.1, 0.15) is 5.52 Å². The van der Waals surface area contributed by atoms with E-state index in [0.29, 0.717) is 31.3 Å². The lowest BCUT2D eigenvalue weighted by Gasteiger charge is -2.39. The van der Waals surface area contributed by atoms with Gasteiger partial charge in [0.05, 0.1) is 23.9 Å². The number of aromatic nitrogens is 3. The number of piperidine rings is 1. The van der Waals surface area contributed by atoms with Gasteiger partial charge in [-0.1, -0.05) is 0 Å². The molecule has 4 rings (SSSR count). The number of hydrogen-bond donors (Lipinski definition) is 0. The zero-order valence-corrected chi connectivity index (χ0v) is 13.9. The molecule has 0 amide bonds. The van der Waals surface area contributed by atoms with Crippen LogP contribution in [0.3, 0.4) is 0 Å². The van der Waals surface area contributed by atoms with Crippen LogP contribution in [0.4, 0.5) is 14.5 Å². The van der Waals surface area contributed by atoms with Gasteiger partial charge in [0.2, 0.25) is 5.28 Å². The Morgan fingerprint density at radius 1 is 1.26 bits per heavy atom. The highest BCUT2D eigenvalue weighted by Crippen LogP contribution is 2.61. The first kappa shape index (κ1) is 15.1. The highest BCUT2D eigenvalue weighted by atomic mass is 35.5. The third kappa shape index (κ3) is 2.22. The van der Waals surface area contributed by atoms with E-state index in [-0.39, 0.29) is 17.9 Å². The highest BCUT2D eigenvalue weighted by molar-refractivity contribution is 6.28. The molecule has 1 aliphatic heterocycles. The van der Waals surface area contributed by atoms with Crippen LogP contribution in [0.5, 0.6) is 0 Å². The molecule has 1 aliphatic carbocycles. The third-order valence-electron chi connectivity index (χ3n) is 5.30. The molecule has 1 spiro atoms. The molecule has 0 N–H and O–H groups in total. The lowest BCUT2D eigenvalue weighted by atomic mass is 9.89. The predicted molar refractivity (Wildman–Crippen MR) is 86.4 cm³/mol. The Kier molecular flexibility index (Phi) is 3.15. The van der Waals surface area contributed by atoms with Crippen LogP contribution < -0.4 is 4.90 Å². The summed E-state index contributed by atoms with van der Waals surface area (Å²) in [5.74, 6) is -2.64. The van der Waals surface area contributed by atoms with Crippen LogP contribution in [-0.4, -0.2) is 33.5 Å². The first-order valence-corrected chi connectivity index (χ1v) is 8.37. The van der Waals surface area contributed by atoms with E-state index in [4.69, 9.17) is 11.6 Å². The van der Waals surface area contributed by atoms with Gasteiger partial charge < -0.3 is 9.47 Å². The van der Waals surface area contributed by atoms with Crippen LogP contribution >= 0.6 is 11.6 Å². The van der Waals surface area contributed by atoms with Crippen molar-refractivity contribution in [3.8, 4) is 0 Å². The van der Waals surface area contributed by atoms with Gasteiger partial charge in [-0.2, -0.15) is 0 Å². The molecule has 4 nitrogen and oxygen atoms in total. The van der Waals surface area contributed by atoms with Crippen LogP contribution in [0.1, 0.15) is 39.2 Å². The van der Waals surface area contributed by atoms with Gasteiger partial charge in [-0.25, -0.2) is 18.7 Å². The van der Waals surface area contributed by atoms with Crippen LogP contribution in [0.2, 0.25) is 5.28 Å². The van der Waals surface area contributed by atoms with Gasteiger partial charge >= 0.3 is 0 Å². The highest BCUT2D eigenvalue weighted by Gasteiger charge is 2.63. The van der Waals surface area contributed by atoms with Gasteiger partial charge in [-0.3, -0.25) is 0 Å². The topological polar surface area (TPSA) is 34.0 Å². The Hall–Kier alpha value is -1.43. The molecule has 2 aliphatic rings. The van der Waals surface area contributed by atoms with Gasteiger partial charge in [-0.05, 0) is 44.7 Å². The van der Waals surface area contributed by atoms with E-state index in [1.165, 1.54) is 0 Å². The van der Waals surface area contributed by atoms with Crippen molar-refractivity contribution in [2.75, 3.05) is 18.0 Å². The first-order valence-electron chi connectivity index (χ1n) is 7.99. The fraction of sp³-hybridized carbons (Fsp3) is 0.625. The second kappa shape index (κ2) is 4.79. The second-order valence-corrected chi connectivity index (χ2v) is 7.38. The average Bonchev–Trinajstić information content (AvgIpc) is 3.17. The van der Waals surface area contributed by atoms with Crippen LogP contribution in [-0.2, 0) is 0 Å². The lowest BCUT2D eigenvalue weighted by molar-refractivity contribution is -0.0793. The number of anilines is 1. The Morgan fingerprint density at radius 3 is 2.61 bits per heavy atom. The molecule has 7 heteroatoms. The maximum Gasteiger partial charge on any atom is 0.270 e. The van der Waals surface area contributed by atoms with E-state index >= 15 is 0 Å². The number of halogens is 3. The minimum Gasteiger partial charge on any atom is -0.362 e. The van der Waals surface area contributed by atoms with Crippen molar-refractivity contribution >= 4 is 28.3 Å². The van der Waals surface area contributed by atoms with Crippen molar-refractivity contribution in [1.82, 2.24) is 14.5 Å². The van der Waals surface area contributed by atoms with E-state index < -0.39 is 11.3 Å². The fourth-order valence-corrected chi connectivity index (χ4v) is 3.78. The smallest absolute Gasteiger partial charge is 0.270 e. The maximum absolute atomic E-state index is 14.5. The summed E-state index contributed by atoms with van der Waals surface area (Å²) in [6, 6.07) is 0.191. The fourth-order valence-electron chi connectivity index (χ4n) is 3.64. The molecule has 0 unspecified atom stereocenters. The van der Waals surface area contributed by atoms with E-state index in [1.807, 2.05) is 24.6 Å². The van der Waals surface area contributed by atoms with Crippen molar-refractivity contribution in [3.05, 3.63) is 17.7 Å². The summed E-state index contributed by atoms with van der Waals surface area (Å²) in [6.45, 7) is 4.48. The summed E-state index contributed by atoms with van der Waals surface area (Å²) >= 11 is 5.93. The molecule has 0 radical (unpaired) electrons. The minimum absolute atomic E-state index is 0.141. The summed E-state index contributed by atoms with van der Waals surface area (Å²) in [5.41, 5.74) is 1.47. The quantitative estimate of drug-likeness (QED) is 0.765. The molecule has 1 saturated carbocycles. The summed E-state index contributed by atoms with van der Waals surface area (Å²) in [5, 5.41) is 0.141. The number of hydrogen-bond acceptors (Lipinski definition) is 3. The van der Waals surface area contributed by atoms with Gasteiger partial charge in [-0.15, -0.1) is 0 Å². The van der Waals surface area contributed by atoms with E-state index in [0.717, 1.165) is 11.2 Å². The maximum atomic E-state index is 14.5. The van der Waals surface area contributed by atoms with Crippen molar-refractivity contribution < 1.29 is 8.78 Å². The Morgan fingerprint density at radius 2 is 2.00 bits per heavy atom. The van der Waals surface area contributed by atoms with Crippen LogP contribution in [0.15, 0.2) is 12.4 Å². The zero-order valence-electron chi connectivity index (χ0n) is 13.2. The molecule has 0 aromatic carbocycles. The lowest BCUT2D eigenvalue weighted by Crippen LogP contribution is -2.50. The Labute approximate surface area is 138 Å². The number of nitrogens with zero attached hydrogens (tertiary/aromatic N) is 4. The Balaban J connectivity index is 1.78. The molecule has 124 valence electrons. The zero-order chi connectivity index (χ0) is 16.4. The predicted octanol–water partition coefficient (Wildman–Crippen LogP) is 4.29. The normalized spacial score (nSPS) is 22.3. The minimum atomic E-state index is -2.64. The average molecular weight is 341 g/mol. The second-order valence-electron chi connectivity index (χ2n) is 7.04. The van der Waals surface area contributed by atoms with E-state index in [9.17, 15) is 8.78 Å². The molecule has 1 saturated heterocycles. The Bertz CT molecular complexity index is 767. The largest absolute Gasteiger partial charge is 0.362 e. The number of alkyl halides is 2. The molecule has 0 bridgehead atoms. The van der Waals surface area contributed by atoms with Crippen molar-refractivity contribution in [2.24, 2.45) is 5.41 Å². The van der Waals surface area contributed by atoms with E-state index in [1.54, 1.807) is 11.1 Å².